The molecule has 0 spiro atoms. The van der Waals surface area contributed by atoms with Crippen molar-refractivity contribution in [3.8, 4) is 0 Å². The summed E-state index contributed by atoms with van der Waals surface area (Å²) in [6.07, 6.45) is 3.67. The van der Waals surface area contributed by atoms with Crippen LogP contribution in [0, 0.1) is 0 Å². The molecule has 1 fully saturated rings. The molecule has 1 aliphatic rings. The predicted octanol–water partition coefficient (Wildman–Crippen LogP) is 3.23. The van der Waals surface area contributed by atoms with Crippen LogP contribution in [-0.2, 0) is 11.3 Å². The Hall–Kier alpha value is -0.770. The number of halogens is 1. The van der Waals surface area contributed by atoms with E-state index in [0.29, 0.717) is 11.1 Å². The summed E-state index contributed by atoms with van der Waals surface area (Å²) >= 11 is 6.15. The van der Waals surface area contributed by atoms with E-state index in [1.165, 1.54) is 0 Å². The smallest absolute Gasteiger partial charge is 0.0750 e. The molecule has 0 bridgehead atoms. The summed E-state index contributed by atoms with van der Waals surface area (Å²) in [5.74, 6) is 0. The van der Waals surface area contributed by atoms with Gasteiger partial charge in [-0.2, -0.15) is 0 Å². The van der Waals surface area contributed by atoms with Crippen LogP contribution in [0.2, 0.25) is 5.02 Å². The van der Waals surface area contributed by atoms with Crippen LogP contribution in [0.5, 0.6) is 0 Å². The number of nitrogens with zero attached hydrogens (tertiary/aromatic N) is 1. The number of anilines is 1. The Balaban J connectivity index is 2.02. The molecule has 0 radical (unpaired) electrons. The van der Waals surface area contributed by atoms with Crippen LogP contribution < -0.4 is 4.90 Å². The van der Waals surface area contributed by atoms with E-state index in [1.54, 1.807) is 0 Å². The summed E-state index contributed by atoms with van der Waals surface area (Å²) in [5.41, 5.74) is 1.90. The minimum atomic E-state index is -0.0126. The number of hydrogen-bond acceptors (Lipinski definition) is 3. The Morgan fingerprint density at radius 2 is 2.32 bits per heavy atom. The van der Waals surface area contributed by atoms with Crippen LogP contribution in [0.15, 0.2) is 18.2 Å². The highest BCUT2D eigenvalue weighted by atomic mass is 35.5. The van der Waals surface area contributed by atoms with Gasteiger partial charge in [0.1, 0.15) is 0 Å². The maximum Gasteiger partial charge on any atom is 0.0750 e. The zero-order valence-corrected chi connectivity index (χ0v) is 12.2. The van der Waals surface area contributed by atoms with Crippen LogP contribution in [0.25, 0.3) is 0 Å². The average molecular weight is 284 g/mol. The molecule has 0 aliphatic carbocycles. The van der Waals surface area contributed by atoms with Crippen molar-refractivity contribution in [2.75, 3.05) is 24.6 Å². The molecular weight excluding hydrogens is 262 g/mol. The van der Waals surface area contributed by atoms with Gasteiger partial charge in [-0.05, 0) is 37.0 Å². The SMILES string of the molecule is CCCOC1CCCN(c2ccc(CO)c(Cl)c2)C1. The van der Waals surface area contributed by atoms with Crippen LogP contribution in [-0.4, -0.2) is 30.9 Å². The molecule has 0 amide bonds. The van der Waals surface area contributed by atoms with Crippen LogP contribution in [0.1, 0.15) is 31.7 Å². The van der Waals surface area contributed by atoms with Crippen molar-refractivity contribution in [1.29, 1.82) is 0 Å². The van der Waals surface area contributed by atoms with Gasteiger partial charge in [0.15, 0.2) is 0 Å². The monoisotopic (exact) mass is 283 g/mol. The quantitative estimate of drug-likeness (QED) is 0.900. The number of aliphatic hydroxyl groups is 1. The Morgan fingerprint density at radius 1 is 1.47 bits per heavy atom. The summed E-state index contributed by atoms with van der Waals surface area (Å²) in [7, 11) is 0. The van der Waals surface area contributed by atoms with Gasteiger partial charge in [-0.1, -0.05) is 24.6 Å². The van der Waals surface area contributed by atoms with Crippen molar-refractivity contribution in [3.05, 3.63) is 28.8 Å². The third kappa shape index (κ3) is 3.85. The van der Waals surface area contributed by atoms with Crippen molar-refractivity contribution < 1.29 is 9.84 Å². The summed E-state index contributed by atoms with van der Waals surface area (Å²) < 4.78 is 5.84. The topological polar surface area (TPSA) is 32.7 Å². The normalized spacial score (nSPS) is 19.7. The van der Waals surface area contributed by atoms with Gasteiger partial charge in [0.05, 0.1) is 12.7 Å². The molecule has 1 aliphatic heterocycles. The van der Waals surface area contributed by atoms with Crippen molar-refractivity contribution in [3.63, 3.8) is 0 Å². The zero-order valence-electron chi connectivity index (χ0n) is 11.4. The first-order valence-electron chi connectivity index (χ1n) is 7.00. The lowest BCUT2D eigenvalue weighted by atomic mass is 10.1. The third-order valence-electron chi connectivity index (χ3n) is 3.51. The van der Waals surface area contributed by atoms with Crippen LogP contribution >= 0.6 is 11.6 Å². The van der Waals surface area contributed by atoms with Gasteiger partial charge in [-0.25, -0.2) is 0 Å². The molecule has 2 rings (SSSR count). The Kier molecular flexibility index (Phi) is 5.49. The molecular formula is C15H22ClNO2. The molecule has 1 heterocycles. The van der Waals surface area contributed by atoms with Gasteiger partial charge >= 0.3 is 0 Å². The molecule has 4 heteroatoms. The minimum absolute atomic E-state index is 0.0126. The largest absolute Gasteiger partial charge is 0.392 e. The lowest BCUT2D eigenvalue weighted by Gasteiger charge is -2.34. The van der Waals surface area contributed by atoms with Gasteiger partial charge in [-0.15, -0.1) is 0 Å². The fourth-order valence-corrected chi connectivity index (χ4v) is 2.69. The Morgan fingerprint density at radius 3 is 3.00 bits per heavy atom. The molecule has 1 aromatic carbocycles. The number of piperidine rings is 1. The number of ether oxygens (including phenoxy) is 1. The Bertz CT molecular complexity index is 411. The second kappa shape index (κ2) is 7.13. The molecule has 1 unspecified atom stereocenters. The molecule has 1 aromatic rings. The van der Waals surface area contributed by atoms with E-state index in [0.717, 1.165) is 50.2 Å². The van der Waals surface area contributed by atoms with Gasteiger partial charge in [0.2, 0.25) is 0 Å². The van der Waals surface area contributed by atoms with E-state index in [9.17, 15) is 0 Å². The van der Waals surface area contributed by atoms with Crippen molar-refractivity contribution in [2.45, 2.75) is 38.9 Å². The van der Waals surface area contributed by atoms with Crippen LogP contribution in [0.3, 0.4) is 0 Å². The number of rotatable bonds is 5. The van der Waals surface area contributed by atoms with Crippen LogP contribution in [0.4, 0.5) is 5.69 Å². The first-order chi connectivity index (χ1) is 9.24. The Labute approximate surface area is 120 Å². The maximum atomic E-state index is 9.14. The average Bonchev–Trinajstić information content (AvgIpc) is 2.45. The van der Waals surface area contributed by atoms with Gasteiger partial charge in [0.25, 0.3) is 0 Å². The second-order valence-corrected chi connectivity index (χ2v) is 5.42. The molecule has 0 saturated carbocycles. The first kappa shape index (κ1) is 14.6. The summed E-state index contributed by atoms with van der Waals surface area (Å²) in [4.78, 5) is 2.32. The zero-order chi connectivity index (χ0) is 13.7. The molecule has 1 saturated heterocycles. The van der Waals surface area contributed by atoms with E-state index in [-0.39, 0.29) is 6.61 Å². The van der Waals surface area contributed by atoms with Crippen molar-refractivity contribution in [2.24, 2.45) is 0 Å². The maximum absolute atomic E-state index is 9.14. The molecule has 0 aromatic heterocycles. The molecule has 106 valence electrons. The number of aliphatic hydroxyl groups excluding tert-OH is 1. The number of benzene rings is 1. The lowest BCUT2D eigenvalue weighted by Crippen LogP contribution is -2.39. The molecule has 1 N–H and O–H groups in total. The number of hydrogen-bond donors (Lipinski definition) is 1. The van der Waals surface area contributed by atoms with E-state index in [1.807, 2.05) is 18.2 Å². The summed E-state index contributed by atoms with van der Waals surface area (Å²) in [6, 6.07) is 5.86. The van der Waals surface area contributed by atoms with Gasteiger partial charge in [0, 0.05) is 30.4 Å². The van der Waals surface area contributed by atoms with E-state index in [2.05, 4.69) is 11.8 Å². The van der Waals surface area contributed by atoms with E-state index < -0.39 is 0 Å². The predicted molar refractivity (Wildman–Crippen MR) is 78.9 cm³/mol. The fourth-order valence-electron chi connectivity index (χ4n) is 2.45. The summed E-state index contributed by atoms with van der Waals surface area (Å²) in [6.45, 7) is 4.92. The van der Waals surface area contributed by atoms with E-state index >= 15 is 0 Å². The van der Waals surface area contributed by atoms with E-state index in [4.69, 9.17) is 21.4 Å². The van der Waals surface area contributed by atoms with Gasteiger partial charge < -0.3 is 14.7 Å². The highest BCUT2D eigenvalue weighted by molar-refractivity contribution is 6.31. The van der Waals surface area contributed by atoms with Gasteiger partial charge in [-0.3, -0.25) is 0 Å². The minimum Gasteiger partial charge on any atom is -0.392 e. The lowest BCUT2D eigenvalue weighted by molar-refractivity contribution is 0.0440. The van der Waals surface area contributed by atoms with Crippen molar-refractivity contribution >= 4 is 17.3 Å². The fraction of sp³-hybridized carbons (Fsp3) is 0.600. The second-order valence-electron chi connectivity index (χ2n) is 5.01. The molecule has 19 heavy (non-hydrogen) atoms. The highest BCUT2D eigenvalue weighted by Crippen LogP contribution is 2.26. The summed E-state index contributed by atoms with van der Waals surface area (Å²) in [5, 5.41) is 9.78. The van der Waals surface area contributed by atoms with Crippen molar-refractivity contribution in [1.82, 2.24) is 0 Å². The molecule has 3 nitrogen and oxygen atoms in total. The highest BCUT2D eigenvalue weighted by Gasteiger charge is 2.20. The molecule has 1 atom stereocenters. The first-order valence-corrected chi connectivity index (χ1v) is 7.38. The standard InChI is InChI=1S/C15H22ClNO2/c1-2-8-19-14-4-3-7-17(10-14)13-6-5-12(11-18)15(16)9-13/h5-6,9,14,18H,2-4,7-8,10-11H2,1H3. The third-order valence-corrected chi connectivity index (χ3v) is 3.86.